The summed E-state index contributed by atoms with van der Waals surface area (Å²) in [5, 5.41) is 0.150. The second kappa shape index (κ2) is 15.2. The van der Waals surface area contributed by atoms with Crippen LogP contribution in [0.4, 0.5) is 0 Å². The first kappa shape index (κ1) is 39.4. The quantitative estimate of drug-likeness (QED) is 0.144. The first-order valence-corrected chi connectivity index (χ1v) is 23.2. The normalized spacial score (nSPS) is 28.2. The standard InChI is InChI=1S/C40H70O4Si2/c1-27(2)18-17-19-31(9)20-35-21-32(10)24-40(42-35)25-34(26-41-46(28(3)4,29(5)6)30(7)8)36-23-37(33(11)22-38(36)43-40)44-45(15,16)39(12,13)14/h20,22,25,28-30,35-38H,1,10,17-19,21,23-24,26H2,2-9,11-16H3/b31-20+/t35-,36-,37-,38-,40+/m1/s1. The molecule has 0 aromatic heterocycles. The minimum Gasteiger partial charge on any atom is -0.412 e. The zero-order valence-corrected chi connectivity index (χ0v) is 34.3. The number of ether oxygens (including phenoxy) is 2. The van der Waals surface area contributed by atoms with Gasteiger partial charge in [-0.25, -0.2) is 0 Å². The van der Waals surface area contributed by atoms with E-state index in [2.05, 4.69) is 128 Å². The summed E-state index contributed by atoms with van der Waals surface area (Å²) in [6, 6.07) is 0. The predicted molar refractivity (Wildman–Crippen MR) is 202 cm³/mol. The Morgan fingerprint density at radius 2 is 1.65 bits per heavy atom. The zero-order chi connectivity index (χ0) is 34.8. The summed E-state index contributed by atoms with van der Waals surface area (Å²) >= 11 is 0. The average Bonchev–Trinajstić information content (AvgIpc) is 2.87. The van der Waals surface area contributed by atoms with E-state index in [1.54, 1.807) is 0 Å². The van der Waals surface area contributed by atoms with Crippen LogP contribution in [0.15, 0.2) is 59.3 Å². The maximum atomic E-state index is 7.30. The van der Waals surface area contributed by atoms with Crippen LogP contribution in [-0.2, 0) is 18.3 Å². The SMILES string of the molecule is C=C(C)CCC/C(C)=C/[C@@H]1CC(=C)C[C@]2(C=C(CO[Si](C(C)C)(C(C)C)C(C)C)[C@H]3C[C@@H](O[Si](C)(C)C(C)(C)C)C(C)=C[C@H]3O2)O1. The Bertz CT molecular complexity index is 1160. The van der Waals surface area contributed by atoms with Gasteiger partial charge in [-0.15, -0.1) is 6.58 Å². The van der Waals surface area contributed by atoms with E-state index in [9.17, 15) is 0 Å². The number of allylic oxidation sites excluding steroid dienone is 2. The highest BCUT2D eigenvalue weighted by atomic mass is 28.4. The average molecular weight is 671 g/mol. The van der Waals surface area contributed by atoms with E-state index in [1.165, 1.54) is 27.9 Å². The van der Waals surface area contributed by atoms with Crippen LogP contribution in [0.25, 0.3) is 0 Å². The Morgan fingerprint density at radius 1 is 1.04 bits per heavy atom. The van der Waals surface area contributed by atoms with Gasteiger partial charge in [-0.3, -0.25) is 0 Å². The van der Waals surface area contributed by atoms with E-state index in [-0.39, 0.29) is 29.3 Å². The van der Waals surface area contributed by atoms with Crippen molar-refractivity contribution in [2.45, 2.75) is 180 Å². The summed E-state index contributed by atoms with van der Waals surface area (Å²) in [5.74, 6) is -0.644. The highest BCUT2D eigenvalue weighted by Gasteiger charge is 2.50. The van der Waals surface area contributed by atoms with Crippen LogP contribution in [0, 0.1) is 5.92 Å². The molecule has 4 nitrogen and oxygen atoms in total. The van der Waals surface area contributed by atoms with Crippen molar-refractivity contribution in [3.63, 3.8) is 0 Å². The molecular weight excluding hydrogens is 601 g/mol. The highest BCUT2D eigenvalue weighted by Crippen LogP contribution is 2.49. The van der Waals surface area contributed by atoms with Gasteiger partial charge in [-0.1, -0.05) is 97.8 Å². The molecule has 1 aliphatic carbocycles. The number of fused-ring (bicyclic) bond motifs is 1. The van der Waals surface area contributed by atoms with E-state index in [4.69, 9.17) is 18.3 Å². The van der Waals surface area contributed by atoms with Crippen LogP contribution in [0.3, 0.4) is 0 Å². The van der Waals surface area contributed by atoms with Crippen molar-refractivity contribution in [3.05, 3.63) is 59.3 Å². The zero-order valence-electron chi connectivity index (χ0n) is 32.3. The van der Waals surface area contributed by atoms with Crippen LogP contribution in [0.1, 0.15) is 122 Å². The summed E-state index contributed by atoms with van der Waals surface area (Å²) in [4.78, 5) is 0. The van der Waals surface area contributed by atoms with Crippen LogP contribution >= 0.6 is 0 Å². The number of rotatable bonds is 13. The molecule has 1 spiro atoms. The van der Waals surface area contributed by atoms with Crippen molar-refractivity contribution in [3.8, 4) is 0 Å². The molecule has 46 heavy (non-hydrogen) atoms. The molecule has 2 aliphatic heterocycles. The Kier molecular flexibility index (Phi) is 13.1. The van der Waals surface area contributed by atoms with Crippen molar-refractivity contribution in [1.82, 2.24) is 0 Å². The molecular formula is C40H70O4Si2. The van der Waals surface area contributed by atoms with Gasteiger partial charge in [-0.05, 0) is 105 Å². The number of hydrogen-bond acceptors (Lipinski definition) is 4. The first-order valence-electron chi connectivity index (χ1n) is 18.2. The highest BCUT2D eigenvalue weighted by molar-refractivity contribution is 6.77. The van der Waals surface area contributed by atoms with Crippen LogP contribution < -0.4 is 0 Å². The van der Waals surface area contributed by atoms with Gasteiger partial charge in [0.2, 0.25) is 8.32 Å². The van der Waals surface area contributed by atoms with Gasteiger partial charge >= 0.3 is 0 Å². The lowest BCUT2D eigenvalue weighted by atomic mass is 9.77. The van der Waals surface area contributed by atoms with Gasteiger partial charge in [0.15, 0.2) is 14.1 Å². The minimum atomic E-state index is -2.09. The minimum absolute atomic E-state index is 0.0557. The maximum Gasteiger partial charge on any atom is 0.200 e. The number of hydrogen-bond donors (Lipinski definition) is 0. The summed E-state index contributed by atoms with van der Waals surface area (Å²) in [6.07, 6.45) is 12.6. The topological polar surface area (TPSA) is 36.9 Å². The molecule has 1 fully saturated rings. The van der Waals surface area contributed by atoms with Crippen molar-refractivity contribution in [2.24, 2.45) is 5.92 Å². The van der Waals surface area contributed by atoms with E-state index < -0.39 is 22.4 Å². The van der Waals surface area contributed by atoms with E-state index >= 15 is 0 Å². The van der Waals surface area contributed by atoms with Gasteiger partial charge < -0.3 is 18.3 Å². The van der Waals surface area contributed by atoms with Crippen LogP contribution in [-0.4, -0.2) is 47.3 Å². The molecule has 0 aromatic carbocycles. The molecule has 5 atom stereocenters. The summed E-state index contributed by atoms with van der Waals surface area (Å²) in [5.41, 5.74) is 7.94. The van der Waals surface area contributed by atoms with Gasteiger partial charge in [0.1, 0.15) is 0 Å². The molecule has 3 rings (SSSR count). The molecule has 0 radical (unpaired) electrons. The molecule has 0 unspecified atom stereocenters. The van der Waals surface area contributed by atoms with Crippen molar-refractivity contribution < 1.29 is 18.3 Å². The second-order valence-corrected chi connectivity index (χ2v) is 27.7. The van der Waals surface area contributed by atoms with Crippen LogP contribution in [0.5, 0.6) is 0 Å². The molecule has 6 heteroatoms. The second-order valence-electron chi connectivity index (χ2n) is 17.5. The third-order valence-corrected chi connectivity index (χ3v) is 22.0. The third-order valence-electron chi connectivity index (χ3n) is 11.4. The molecule has 0 N–H and O–H groups in total. The maximum absolute atomic E-state index is 7.30. The molecule has 0 saturated carbocycles. The smallest absolute Gasteiger partial charge is 0.200 e. The summed E-state index contributed by atoms with van der Waals surface area (Å²) in [6.45, 7) is 41.7. The lowest BCUT2D eigenvalue weighted by Crippen LogP contribution is -2.53. The van der Waals surface area contributed by atoms with Crippen LogP contribution in [0.2, 0.25) is 34.8 Å². The van der Waals surface area contributed by atoms with Crippen molar-refractivity contribution >= 4 is 16.6 Å². The largest absolute Gasteiger partial charge is 0.412 e. The fourth-order valence-corrected chi connectivity index (χ4v) is 14.8. The van der Waals surface area contributed by atoms with Gasteiger partial charge in [0.05, 0.1) is 24.9 Å². The van der Waals surface area contributed by atoms with E-state index in [1.807, 2.05) is 0 Å². The molecule has 0 amide bonds. The monoisotopic (exact) mass is 670 g/mol. The molecule has 0 bridgehead atoms. The first-order chi connectivity index (χ1) is 21.1. The predicted octanol–water partition coefficient (Wildman–Crippen LogP) is 12.0. The Labute approximate surface area is 286 Å². The Hall–Kier alpha value is -1.03. The van der Waals surface area contributed by atoms with Crippen molar-refractivity contribution in [1.29, 1.82) is 0 Å². The fourth-order valence-electron chi connectivity index (χ4n) is 8.06. The lowest BCUT2D eigenvalue weighted by Gasteiger charge is -2.50. The molecule has 0 aromatic rings. The van der Waals surface area contributed by atoms with Gasteiger partial charge in [0.25, 0.3) is 0 Å². The lowest BCUT2D eigenvalue weighted by molar-refractivity contribution is -0.258. The van der Waals surface area contributed by atoms with E-state index in [0.29, 0.717) is 29.7 Å². The summed E-state index contributed by atoms with van der Waals surface area (Å²) < 4.78 is 28.4. The third kappa shape index (κ3) is 9.15. The Morgan fingerprint density at radius 3 is 2.20 bits per heavy atom. The van der Waals surface area contributed by atoms with Gasteiger partial charge in [0, 0.05) is 12.3 Å². The fraction of sp³-hybridized carbons (Fsp3) is 0.750. The molecule has 1 saturated heterocycles. The van der Waals surface area contributed by atoms with Gasteiger partial charge in [-0.2, -0.15) is 0 Å². The summed E-state index contributed by atoms with van der Waals surface area (Å²) in [7, 11) is -4.06. The Balaban J connectivity index is 2.01. The molecule has 262 valence electrons. The van der Waals surface area contributed by atoms with E-state index in [0.717, 1.165) is 32.1 Å². The molecule has 3 aliphatic rings. The molecule has 2 heterocycles. The van der Waals surface area contributed by atoms with Crippen molar-refractivity contribution in [2.75, 3.05) is 6.61 Å².